The molecule has 0 aliphatic rings. The lowest BCUT2D eigenvalue weighted by atomic mass is 10.1. The Kier molecular flexibility index (Phi) is 11.8. The van der Waals surface area contributed by atoms with Crippen molar-refractivity contribution in [3.8, 4) is 0 Å². The summed E-state index contributed by atoms with van der Waals surface area (Å²) in [5.41, 5.74) is 1.17. The Bertz CT molecular complexity index is 330. The van der Waals surface area contributed by atoms with Crippen molar-refractivity contribution in [2.75, 3.05) is 0 Å². The third kappa shape index (κ3) is 12.7. The minimum absolute atomic E-state index is 0.339. The van der Waals surface area contributed by atoms with Gasteiger partial charge in [-0.25, -0.2) is 0 Å². The molecule has 1 aromatic rings. The van der Waals surface area contributed by atoms with E-state index >= 15 is 0 Å². The Morgan fingerprint density at radius 1 is 1.11 bits per heavy atom. The normalized spacial score (nSPS) is 9.32. The quantitative estimate of drug-likeness (QED) is 0.658. The molecule has 2 nitrogen and oxygen atoms in total. The molecular weight excluding hydrogens is 236 g/mol. The standard InChI is InChI=1S/C9H18O2.C8H8/c1-2-3-4-5-6-7-8-9(10)11;1-2-8-6-4-3-5-7-8/h2-8H2,1H3,(H,10,11);2-7H,1H2. The second-order valence-corrected chi connectivity index (χ2v) is 4.53. The van der Waals surface area contributed by atoms with Gasteiger partial charge in [0.1, 0.15) is 0 Å². The average Bonchev–Trinajstić information content (AvgIpc) is 2.44. The molecule has 0 unspecified atom stereocenters. The van der Waals surface area contributed by atoms with Gasteiger partial charge in [-0.15, -0.1) is 0 Å². The lowest BCUT2D eigenvalue weighted by Gasteiger charge is -1.97. The van der Waals surface area contributed by atoms with Gasteiger partial charge in [-0.05, 0) is 12.0 Å². The molecule has 0 spiro atoms. The molecule has 0 saturated carbocycles. The van der Waals surface area contributed by atoms with Crippen LogP contribution in [0.15, 0.2) is 36.9 Å². The minimum atomic E-state index is -0.666. The number of aliphatic carboxylic acids is 1. The molecule has 106 valence electrons. The molecule has 0 aromatic heterocycles. The third-order valence-electron chi connectivity index (χ3n) is 2.78. The third-order valence-corrected chi connectivity index (χ3v) is 2.78. The first kappa shape index (κ1) is 17.4. The van der Waals surface area contributed by atoms with Crippen molar-refractivity contribution in [2.24, 2.45) is 0 Å². The predicted octanol–water partition coefficient (Wildman–Crippen LogP) is 5.15. The van der Waals surface area contributed by atoms with Crippen LogP contribution >= 0.6 is 0 Å². The van der Waals surface area contributed by atoms with E-state index in [1.54, 1.807) is 0 Å². The zero-order valence-electron chi connectivity index (χ0n) is 12.0. The van der Waals surface area contributed by atoms with Crippen LogP contribution in [0.2, 0.25) is 0 Å². The van der Waals surface area contributed by atoms with Gasteiger partial charge in [-0.3, -0.25) is 4.79 Å². The second kappa shape index (κ2) is 12.9. The molecule has 19 heavy (non-hydrogen) atoms. The summed E-state index contributed by atoms with van der Waals surface area (Å²) in [5.74, 6) is -0.666. The number of carboxylic acids is 1. The van der Waals surface area contributed by atoms with Crippen molar-refractivity contribution in [1.29, 1.82) is 0 Å². The molecule has 0 atom stereocenters. The van der Waals surface area contributed by atoms with Crippen molar-refractivity contribution in [2.45, 2.75) is 51.9 Å². The fraction of sp³-hybridized carbons (Fsp3) is 0.471. The number of carboxylic acid groups (broad SMARTS) is 1. The second-order valence-electron chi connectivity index (χ2n) is 4.53. The molecule has 1 rings (SSSR count). The Labute approximate surface area is 117 Å². The van der Waals surface area contributed by atoms with E-state index in [0.29, 0.717) is 6.42 Å². The van der Waals surface area contributed by atoms with Crippen LogP contribution in [0.25, 0.3) is 6.08 Å². The summed E-state index contributed by atoms with van der Waals surface area (Å²) >= 11 is 0. The van der Waals surface area contributed by atoms with Crippen molar-refractivity contribution in [3.05, 3.63) is 42.5 Å². The number of hydrogen-bond acceptors (Lipinski definition) is 1. The summed E-state index contributed by atoms with van der Waals surface area (Å²) in [4.78, 5) is 10.1. The maximum absolute atomic E-state index is 10.1. The Morgan fingerprint density at radius 2 is 1.68 bits per heavy atom. The summed E-state index contributed by atoms with van der Waals surface area (Å²) in [6.07, 6.45) is 9.08. The molecule has 1 N–H and O–H groups in total. The Balaban J connectivity index is 0.000000356. The topological polar surface area (TPSA) is 37.3 Å². The van der Waals surface area contributed by atoms with Crippen LogP contribution in [0.3, 0.4) is 0 Å². The fourth-order valence-corrected chi connectivity index (χ4v) is 1.65. The SMILES string of the molecule is C=Cc1ccccc1.CCCCCCCCC(=O)O. The van der Waals surface area contributed by atoms with Gasteiger partial charge < -0.3 is 5.11 Å². The summed E-state index contributed by atoms with van der Waals surface area (Å²) in [6.45, 7) is 5.81. The molecule has 0 radical (unpaired) electrons. The van der Waals surface area contributed by atoms with E-state index in [2.05, 4.69) is 13.5 Å². The molecule has 0 fully saturated rings. The summed E-state index contributed by atoms with van der Waals surface area (Å²) in [7, 11) is 0. The lowest BCUT2D eigenvalue weighted by molar-refractivity contribution is -0.137. The highest BCUT2D eigenvalue weighted by Gasteiger charge is 1.95. The number of carbonyl (C=O) groups is 1. The number of benzene rings is 1. The maximum Gasteiger partial charge on any atom is 0.303 e. The number of hydrogen-bond donors (Lipinski definition) is 1. The van der Waals surface area contributed by atoms with Gasteiger partial charge in [0, 0.05) is 6.42 Å². The molecule has 0 amide bonds. The van der Waals surface area contributed by atoms with Crippen LogP contribution in [0.1, 0.15) is 57.4 Å². The van der Waals surface area contributed by atoms with Crippen molar-refractivity contribution >= 4 is 12.0 Å². The van der Waals surface area contributed by atoms with Gasteiger partial charge >= 0.3 is 5.97 Å². The number of rotatable bonds is 8. The minimum Gasteiger partial charge on any atom is -0.481 e. The highest BCUT2D eigenvalue weighted by atomic mass is 16.4. The van der Waals surface area contributed by atoms with Crippen LogP contribution in [0.5, 0.6) is 0 Å². The number of unbranched alkanes of at least 4 members (excludes halogenated alkanes) is 5. The first-order valence-electron chi connectivity index (χ1n) is 7.10. The molecule has 0 bridgehead atoms. The Hall–Kier alpha value is -1.57. The van der Waals surface area contributed by atoms with Crippen molar-refractivity contribution < 1.29 is 9.90 Å². The van der Waals surface area contributed by atoms with Crippen LogP contribution in [0, 0.1) is 0 Å². The van der Waals surface area contributed by atoms with E-state index in [9.17, 15) is 4.79 Å². The summed E-state index contributed by atoms with van der Waals surface area (Å²) < 4.78 is 0. The van der Waals surface area contributed by atoms with Gasteiger partial charge in [0.05, 0.1) is 0 Å². The van der Waals surface area contributed by atoms with Crippen molar-refractivity contribution in [3.63, 3.8) is 0 Å². The van der Waals surface area contributed by atoms with Crippen LogP contribution in [-0.4, -0.2) is 11.1 Å². The first-order chi connectivity index (χ1) is 9.20. The van der Waals surface area contributed by atoms with Gasteiger partial charge in [-0.1, -0.05) is 82.0 Å². The van der Waals surface area contributed by atoms with Gasteiger partial charge in [0.15, 0.2) is 0 Å². The molecule has 1 aromatic carbocycles. The average molecular weight is 262 g/mol. The van der Waals surface area contributed by atoms with E-state index in [-0.39, 0.29) is 0 Å². The molecular formula is C17H26O2. The van der Waals surface area contributed by atoms with Crippen LogP contribution in [0.4, 0.5) is 0 Å². The smallest absolute Gasteiger partial charge is 0.303 e. The summed E-state index contributed by atoms with van der Waals surface area (Å²) in [6, 6.07) is 10.0. The van der Waals surface area contributed by atoms with E-state index < -0.39 is 5.97 Å². The van der Waals surface area contributed by atoms with E-state index in [0.717, 1.165) is 12.8 Å². The Morgan fingerprint density at radius 3 is 2.16 bits per heavy atom. The zero-order chi connectivity index (χ0) is 14.3. The summed E-state index contributed by atoms with van der Waals surface area (Å²) in [5, 5.41) is 8.32. The van der Waals surface area contributed by atoms with Crippen LogP contribution < -0.4 is 0 Å². The van der Waals surface area contributed by atoms with Crippen molar-refractivity contribution in [1.82, 2.24) is 0 Å². The molecule has 0 heterocycles. The van der Waals surface area contributed by atoms with E-state index in [1.807, 2.05) is 36.4 Å². The predicted molar refractivity (Wildman–Crippen MR) is 82.2 cm³/mol. The van der Waals surface area contributed by atoms with Gasteiger partial charge in [-0.2, -0.15) is 0 Å². The van der Waals surface area contributed by atoms with Crippen LogP contribution in [-0.2, 0) is 4.79 Å². The molecule has 2 heteroatoms. The monoisotopic (exact) mass is 262 g/mol. The first-order valence-corrected chi connectivity index (χ1v) is 7.10. The fourth-order valence-electron chi connectivity index (χ4n) is 1.65. The lowest BCUT2D eigenvalue weighted by Crippen LogP contribution is -1.93. The van der Waals surface area contributed by atoms with Gasteiger partial charge in [0.25, 0.3) is 0 Å². The molecule has 0 saturated heterocycles. The molecule has 0 aliphatic heterocycles. The highest BCUT2D eigenvalue weighted by molar-refractivity contribution is 5.66. The van der Waals surface area contributed by atoms with E-state index in [1.165, 1.54) is 31.2 Å². The van der Waals surface area contributed by atoms with E-state index in [4.69, 9.17) is 5.11 Å². The zero-order valence-corrected chi connectivity index (χ0v) is 12.0. The molecule has 0 aliphatic carbocycles. The highest BCUT2D eigenvalue weighted by Crippen LogP contribution is 2.06. The maximum atomic E-state index is 10.1. The van der Waals surface area contributed by atoms with Gasteiger partial charge in [0.2, 0.25) is 0 Å². The largest absolute Gasteiger partial charge is 0.481 e.